The van der Waals surface area contributed by atoms with Gasteiger partial charge in [-0.2, -0.15) is 0 Å². The molecule has 82 valence electrons. The molecule has 1 N–H and O–H groups in total. The largest absolute Gasteiger partial charge is 0.310 e. The van der Waals surface area contributed by atoms with E-state index in [0.717, 1.165) is 0 Å². The van der Waals surface area contributed by atoms with Crippen LogP contribution in [0.25, 0.3) is 10.9 Å². The van der Waals surface area contributed by atoms with Gasteiger partial charge in [-0.05, 0) is 28.9 Å². The molecule has 1 aromatic heterocycles. The number of carbonyl (C=O) groups excluding carboxylic acids is 1. The van der Waals surface area contributed by atoms with Gasteiger partial charge in [0.05, 0.1) is 20.9 Å². The lowest BCUT2D eigenvalue weighted by atomic mass is 10.1. The number of benzene rings is 1. The number of aldehydes is 1. The number of carbonyl (C=O) groups is 1. The molecule has 0 saturated carbocycles. The van der Waals surface area contributed by atoms with Gasteiger partial charge in [-0.3, -0.25) is 9.59 Å². The standard InChI is InChI=1S/C10H6BrFN2O2/c1-4-13-9-5(10(16)14-4)2-7(11)8(12)6(9)3-15/h2-3H,1H3,(H,13,14,16). The van der Waals surface area contributed by atoms with E-state index >= 15 is 0 Å². The van der Waals surface area contributed by atoms with Gasteiger partial charge in [0.25, 0.3) is 5.56 Å². The van der Waals surface area contributed by atoms with Crippen LogP contribution in [0.15, 0.2) is 15.3 Å². The molecule has 1 heterocycles. The van der Waals surface area contributed by atoms with Crippen LogP contribution in [0.3, 0.4) is 0 Å². The Kier molecular flexibility index (Phi) is 2.59. The Morgan fingerprint density at radius 2 is 2.25 bits per heavy atom. The maximum atomic E-state index is 13.6. The number of fused-ring (bicyclic) bond motifs is 1. The highest BCUT2D eigenvalue weighted by atomic mass is 79.9. The molecule has 0 aliphatic carbocycles. The first-order valence-corrected chi connectivity index (χ1v) is 5.17. The quantitative estimate of drug-likeness (QED) is 0.814. The molecule has 0 atom stereocenters. The number of aromatic amines is 1. The fraction of sp³-hybridized carbons (Fsp3) is 0.100. The third-order valence-electron chi connectivity index (χ3n) is 2.16. The molecule has 4 nitrogen and oxygen atoms in total. The number of nitrogens with zero attached hydrogens (tertiary/aromatic N) is 1. The van der Waals surface area contributed by atoms with Gasteiger partial charge in [-0.15, -0.1) is 0 Å². The molecule has 0 fully saturated rings. The van der Waals surface area contributed by atoms with Gasteiger partial charge in [0.1, 0.15) is 11.6 Å². The number of nitrogens with one attached hydrogen (secondary N) is 1. The van der Waals surface area contributed by atoms with Crippen LogP contribution in [0.2, 0.25) is 0 Å². The molecule has 2 aromatic rings. The molecule has 0 spiro atoms. The third kappa shape index (κ3) is 1.55. The lowest BCUT2D eigenvalue weighted by Crippen LogP contribution is -2.11. The fourth-order valence-corrected chi connectivity index (χ4v) is 1.91. The Hall–Kier alpha value is -1.56. The number of halogens is 2. The lowest BCUT2D eigenvalue weighted by Gasteiger charge is -2.04. The predicted molar refractivity (Wildman–Crippen MR) is 60.1 cm³/mol. The van der Waals surface area contributed by atoms with E-state index in [-0.39, 0.29) is 20.9 Å². The molecular formula is C10H6BrFN2O2. The Balaban J connectivity index is 3.08. The molecule has 2 rings (SSSR count). The Morgan fingerprint density at radius 1 is 1.56 bits per heavy atom. The number of aromatic nitrogens is 2. The highest BCUT2D eigenvalue weighted by Crippen LogP contribution is 2.24. The van der Waals surface area contributed by atoms with Crippen LogP contribution in [0.4, 0.5) is 4.39 Å². The van der Waals surface area contributed by atoms with Crippen LogP contribution in [0.1, 0.15) is 16.2 Å². The molecule has 0 amide bonds. The fourth-order valence-electron chi connectivity index (χ4n) is 1.46. The van der Waals surface area contributed by atoms with E-state index in [1.54, 1.807) is 6.92 Å². The molecule has 0 aliphatic heterocycles. The smallest absolute Gasteiger partial charge is 0.258 e. The van der Waals surface area contributed by atoms with Crippen LogP contribution in [0.5, 0.6) is 0 Å². The van der Waals surface area contributed by atoms with Gasteiger partial charge in [0.15, 0.2) is 6.29 Å². The van der Waals surface area contributed by atoms with Crippen molar-refractivity contribution in [2.75, 3.05) is 0 Å². The first kappa shape index (κ1) is 10.9. The van der Waals surface area contributed by atoms with E-state index in [0.29, 0.717) is 12.1 Å². The minimum atomic E-state index is -0.708. The number of hydrogen-bond donors (Lipinski definition) is 1. The van der Waals surface area contributed by atoms with Crippen molar-refractivity contribution >= 4 is 33.1 Å². The van der Waals surface area contributed by atoms with Crippen LogP contribution in [-0.2, 0) is 0 Å². The molecular weight excluding hydrogens is 279 g/mol. The van der Waals surface area contributed by atoms with Gasteiger partial charge in [-0.25, -0.2) is 9.37 Å². The van der Waals surface area contributed by atoms with Crippen LogP contribution < -0.4 is 5.56 Å². The third-order valence-corrected chi connectivity index (χ3v) is 2.74. The summed E-state index contributed by atoms with van der Waals surface area (Å²) in [5.74, 6) is -0.373. The Morgan fingerprint density at radius 3 is 2.88 bits per heavy atom. The molecule has 16 heavy (non-hydrogen) atoms. The van der Waals surface area contributed by atoms with E-state index in [4.69, 9.17) is 0 Å². The van der Waals surface area contributed by atoms with Crippen LogP contribution >= 0.6 is 15.9 Å². The van der Waals surface area contributed by atoms with Crippen molar-refractivity contribution in [3.63, 3.8) is 0 Å². The van der Waals surface area contributed by atoms with Crippen molar-refractivity contribution in [3.05, 3.63) is 38.1 Å². The molecule has 1 aromatic carbocycles. The number of aryl methyl sites for hydroxylation is 1. The summed E-state index contributed by atoms with van der Waals surface area (Å²) < 4.78 is 13.6. The van der Waals surface area contributed by atoms with E-state index in [2.05, 4.69) is 25.9 Å². The summed E-state index contributed by atoms with van der Waals surface area (Å²) in [5.41, 5.74) is -0.526. The second-order valence-corrected chi connectivity index (χ2v) is 4.11. The maximum absolute atomic E-state index is 13.6. The normalized spacial score (nSPS) is 10.7. The van der Waals surface area contributed by atoms with Gasteiger partial charge in [-0.1, -0.05) is 0 Å². The van der Waals surface area contributed by atoms with E-state index in [1.165, 1.54) is 6.07 Å². The summed E-state index contributed by atoms with van der Waals surface area (Å²) in [6.45, 7) is 1.56. The highest BCUT2D eigenvalue weighted by molar-refractivity contribution is 9.10. The highest BCUT2D eigenvalue weighted by Gasteiger charge is 2.14. The van der Waals surface area contributed by atoms with Gasteiger partial charge < -0.3 is 4.98 Å². The summed E-state index contributed by atoms with van der Waals surface area (Å²) in [7, 11) is 0. The zero-order valence-electron chi connectivity index (χ0n) is 8.17. The second kappa shape index (κ2) is 3.79. The van der Waals surface area contributed by atoms with E-state index < -0.39 is 11.4 Å². The number of rotatable bonds is 1. The van der Waals surface area contributed by atoms with Crippen LogP contribution in [-0.4, -0.2) is 16.3 Å². The summed E-state index contributed by atoms with van der Waals surface area (Å²) in [5, 5.41) is 0.181. The molecule has 0 aliphatic rings. The first-order chi connectivity index (χ1) is 7.54. The summed E-state index contributed by atoms with van der Waals surface area (Å²) in [4.78, 5) is 28.8. The van der Waals surface area contributed by atoms with Crippen molar-refractivity contribution in [2.45, 2.75) is 6.92 Å². The first-order valence-electron chi connectivity index (χ1n) is 4.38. The average molecular weight is 285 g/mol. The van der Waals surface area contributed by atoms with Crippen molar-refractivity contribution in [3.8, 4) is 0 Å². The van der Waals surface area contributed by atoms with Crippen molar-refractivity contribution in [2.24, 2.45) is 0 Å². The number of hydrogen-bond acceptors (Lipinski definition) is 3. The number of H-pyrrole nitrogens is 1. The zero-order valence-corrected chi connectivity index (χ0v) is 9.76. The van der Waals surface area contributed by atoms with Gasteiger partial charge >= 0.3 is 0 Å². The van der Waals surface area contributed by atoms with Crippen LogP contribution in [0, 0.1) is 12.7 Å². The predicted octanol–water partition coefficient (Wildman–Crippen LogP) is 1.95. The molecule has 0 bridgehead atoms. The minimum Gasteiger partial charge on any atom is -0.310 e. The SMILES string of the molecule is Cc1nc2c(C=O)c(F)c(Br)cc2c(=O)[nH]1. The van der Waals surface area contributed by atoms with E-state index in [1.807, 2.05) is 0 Å². The van der Waals surface area contributed by atoms with Crippen molar-refractivity contribution in [1.82, 2.24) is 9.97 Å². The zero-order chi connectivity index (χ0) is 11.9. The summed E-state index contributed by atoms with van der Waals surface area (Å²) in [6, 6.07) is 1.31. The summed E-state index contributed by atoms with van der Waals surface area (Å²) in [6.07, 6.45) is 0.355. The van der Waals surface area contributed by atoms with Crippen molar-refractivity contribution < 1.29 is 9.18 Å². The average Bonchev–Trinajstić information content (AvgIpc) is 2.22. The Labute approximate surface area is 97.6 Å². The van der Waals surface area contributed by atoms with Crippen molar-refractivity contribution in [1.29, 1.82) is 0 Å². The monoisotopic (exact) mass is 284 g/mol. The van der Waals surface area contributed by atoms with Gasteiger partial charge in [0.2, 0.25) is 0 Å². The minimum absolute atomic E-state index is 0.0678. The Bertz CT molecular complexity index is 651. The second-order valence-electron chi connectivity index (χ2n) is 3.25. The molecule has 0 unspecified atom stereocenters. The molecule has 6 heteroatoms. The topological polar surface area (TPSA) is 62.8 Å². The molecule has 0 radical (unpaired) electrons. The van der Waals surface area contributed by atoms with E-state index in [9.17, 15) is 14.0 Å². The maximum Gasteiger partial charge on any atom is 0.258 e. The summed E-state index contributed by atoms with van der Waals surface area (Å²) >= 11 is 2.95. The van der Waals surface area contributed by atoms with Gasteiger partial charge in [0, 0.05) is 0 Å². The lowest BCUT2D eigenvalue weighted by molar-refractivity contribution is 0.112. The molecule has 0 saturated heterocycles.